The highest BCUT2D eigenvalue weighted by Crippen LogP contribution is 2.49. The van der Waals surface area contributed by atoms with Crippen LogP contribution in [-0.4, -0.2) is 46.3 Å². The molecule has 1 aliphatic carbocycles. The second kappa shape index (κ2) is 7.65. The Morgan fingerprint density at radius 2 is 1.90 bits per heavy atom. The third-order valence-corrected chi connectivity index (χ3v) is 6.54. The summed E-state index contributed by atoms with van der Waals surface area (Å²) in [6.45, 7) is 0.418. The second-order valence-electron chi connectivity index (χ2n) is 8.39. The monoisotopic (exact) mass is 432 g/mol. The zero-order valence-corrected chi connectivity index (χ0v) is 16.8. The predicted molar refractivity (Wildman–Crippen MR) is 109 cm³/mol. The number of piperidine rings is 1. The molecular formula is C21H23F3N6O. The lowest BCUT2D eigenvalue weighted by Gasteiger charge is -2.35. The van der Waals surface area contributed by atoms with E-state index >= 15 is 0 Å². The van der Waals surface area contributed by atoms with Crippen LogP contribution < -0.4 is 15.1 Å². The Balaban J connectivity index is 1.44. The molecule has 31 heavy (non-hydrogen) atoms. The maximum atomic E-state index is 13.3. The smallest absolute Gasteiger partial charge is 0.356 e. The van der Waals surface area contributed by atoms with Crippen LogP contribution in [0.4, 0.5) is 35.5 Å². The van der Waals surface area contributed by atoms with Gasteiger partial charge in [-0.25, -0.2) is 19.7 Å². The first-order valence-electron chi connectivity index (χ1n) is 10.6. The molecule has 2 aromatic heterocycles. The molecule has 0 spiro atoms. The van der Waals surface area contributed by atoms with E-state index in [1.54, 1.807) is 34.3 Å². The first-order chi connectivity index (χ1) is 14.9. The van der Waals surface area contributed by atoms with E-state index in [2.05, 4.69) is 15.3 Å². The molecule has 2 fully saturated rings. The van der Waals surface area contributed by atoms with E-state index in [1.165, 1.54) is 0 Å². The van der Waals surface area contributed by atoms with Crippen molar-refractivity contribution < 1.29 is 18.0 Å². The number of pyridine rings is 1. The van der Waals surface area contributed by atoms with E-state index in [0.29, 0.717) is 24.6 Å². The molecule has 0 aromatic carbocycles. The summed E-state index contributed by atoms with van der Waals surface area (Å²) >= 11 is 0. The lowest BCUT2D eigenvalue weighted by atomic mass is 9.97. The third-order valence-electron chi connectivity index (χ3n) is 6.54. The molecule has 4 heterocycles. The minimum atomic E-state index is -4.21. The Kier molecular flexibility index (Phi) is 4.94. The fourth-order valence-electron chi connectivity index (χ4n) is 5.10. The molecule has 7 nitrogen and oxygen atoms in total. The van der Waals surface area contributed by atoms with Gasteiger partial charge in [0.2, 0.25) is 5.95 Å². The van der Waals surface area contributed by atoms with Crippen molar-refractivity contribution in [3.63, 3.8) is 0 Å². The standard InChI is InChI=1S/C21H23F3N6O/c22-21(23,24)13-4-2-11-29(12-13)17-8-7-15-14-5-1-6-16(14)30(18(15)27-17)20(31)28-19-25-9-3-10-26-19/h3,7-10,13-14,16H,1-2,4-6,11-12H2,(H,25,26,28,31). The second-order valence-corrected chi connectivity index (χ2v) is 8.39. The zero-order valence-electron chi connectivity index (χ0n) is 16.8. The van der Waals surface area contributed by atoms with Crippen molar-refractivity contribution in [2.45, 2.75) is 50.2 Å². The summed E-state index contributed by atoms with van der Waals surface area (Å²) in [5.41, 5.74) is 0.986. The van der Waals surface area contributed by atoms with E-state index < -0.39 is 12.1 Å². The number of halogens is 3. The number of amides is 2. The molecular weight excluding hydrogens is 409 g/mol. The van der Waals surface area contributed by atoms with Crippen LogP contribution in [0.5, 0.6) is 0 Å². The maximum Gasteiger partial charge on any atom is 0.393 e. The Morgan fingerprint density at radius 3 is 2.68 bits per heavy atom. The van der Waals surface area contributed by atoms with Crippen molar-refractivity contribution in [2.24, 2.45) is 5.92 Å². The van der Waals surface area contributed by atoms with Crippen LogP contribution in [0.15, 0.2) is 30.6 Å². The van der Waals surface area contributed by atoms with E-state index in [1.807, 2.05) is 6.07 Å². The number of urea groups is 1. The maximum absolute atomic E-state index is 13.3. The molecule has 10 heteroatoms. The van der Waals surface area contributed by atoms with E-state index in [-0.39, 0.29) is 36.9 Å². The topological polar surface area (TPSA) is 74.2 Å². The number of nitrogens with one attached hydrogen (secondary N) is 1. The Hall–Kier alpha value is -2.91. The first-order valence-corrected chi connectivity index (χ1v) is 10.6. The number of alkyl halides is 3. The number of carbonyl (C=O) groups is 1. The van der Waals surface area contributed by atoms with Gasteiger partial charge in [-0.15, -0.1) is 0 Å². The highest BCUT2D eigenvalue weighted by Gasteiger charge is 2.46. The van der Waals surface area contributed by atoms with Gasteiger partial charge in [0, 0.05) is 43.0 Å². The Morgan fingerprint density at radius 1 is 1.10 bits per heavy atom. The van der Waals surface area contributed by atoms with Crippen LogP contribution in [0.2, 0.25) is 0 Å². The number of anilines is 3. The molecule has 0 bridgehead atoms. The predicted octanol–water partition coefficient (Wildman–Crippen LogP) is 4.34. The molecule has 3 unspecified atom stereocenters. The number of aromatic nitrogens is 3. The largest absolute Gasteiger partial charge is 0.393 e. The number of hydrogen-bond donors (Lipinski definition) is 1. The minimum Gasteiger partial charge on any atom is -0.356 e. The van der Waals surface area contributed by atoms with Crippen LogP contribution >= 0.6 is 0 Å². The van der Waals surface area contributed by atoms with Crippen LogP contribution in [0.3, 0.4) is 0 Å². The average molecular weight is 432 g/mol. The highest BCUT2D eigenvalue weighted by atomic mass is 19.4. The number of nitrogens with zero attached hydrogens (tertiary/aromatic N) is 5. The normalized spacial score (nSPS) is 25.3. The average Bonchev–Trinajstić information content (AvgIpc) is 3.34. The molecule has 1 saturated heterocycles. The molecule has 0 radical (unpaired) electrons. The molecule has 3 aliphatic rings. The van der Waals surface area contributed by atoms with Crippen LogP contribution in [0.25, 0.3) is 0 Å². The van der Waals surface area contributed by atoms with Gasteiger partial charge >= 0.3 is 12.2 Å². The molecule has 2 amide bonds. The Bertz CT molecular complexity index is 969. The molecule has 1 N–H and O–H groups in total. The van der Waals surface area contributed by atoms with Crippen molar-refractivity contribution in [1.82, 2.24) is 15.0 Å². The zero-order chi connectivity index (χ0) is 21.6. The van der Waals surface area contributed by atoms with Crippen molar-refractivity contribution in [2.75, 3.05) is 28.2 Å². The molecule has 3 atom stereocenters. The minimum absolute atomic E-state index is 0.00857. The summed E-state index contributed by atoms with van der Waals surface area (Å²) in [6.07, 6.45) is 2.31. The van der Waals surface area contributed by atoms with Crippen molar-refractivity contribution in [3.05, 3.63) is 36.2 Å². The van der Waals surface area contributed by atoms with Gasteiger partial charge in [0.05, 0.1) is 5.92 Å². The van der Waals surface area contributed by atoms with E-state index in [0.717, 1.165) is 24.8 Å². The molecule has 2 aliphatic heterocycles. The number of fused-ring (bicyclic) bond motifs is 3. The van der Waals surface area contributed by atoms with Gasteiger partial charge in [0.1, 0.15) is 11.6 Å². The third kappa shape index (κ3) is 3.68. The summed E-state index contributed by atoms with van der Waals surface area (Å²) in [4.78, 5) is 29.3. The molecule has 2 aromatic rings. The van der Waals surface area contributed by atoms with Crippen LogP contribution in [0, 0.1) is 5.92 Å². The van der Waals surface area contributed by atoms with Crippen LogP contribution in [0.1, 0.15) is 43.6 Å². The van der Waals surface area contributed by atoms with Gasteiger partial charge in [-0.1, -0.05) is 12.5 Å². The fourth-order valence-corrected chi connectivity index (χ4v) is 5.10. The summed E-state index contributed by atoms with van der Waals surface area (Å²) in [5, 5.41) is 2.73. The van der Waals surface area contributed by atoms with Gasteiger partial charge in [-0.2, -0.15) is 13.2 Å². The Labute approximate surface area is 177 Å². The SMILES string of the molecule is O=C(Nc1ncccn1)N1c2nc(N3CCCC(C(F)(F)F)C3)ccc2C2CCCC21. The van der Waals surface area contributed by atoms with Gasteiger partial charge in [0.25, 0.3) is 0 Å². The summed E-state index contributed by atoms with van der Waals surface area (Å²) in [7, 11) is 0. The van der Waals surface area contributed by atoms with Gasteiger partial charge in [0.15, 0.2) is 0 Å². The lowest BCUT2D eigenvalue weighted by molar-refractivity contribution is -0.176. The van der Waals surface area contributed by atoms with Crippen LogP contribution in [-0.2, 0) is 0 Å². The fraction of sp³-hybridized carbons (Fsp3) is 0.524. The molecule has 5 rings (SSSR count). The number of hydrogen-bond acceptors (Lipinski definition) is 5. The van der Waals surface area contributed by atoms with Crippen molar-refractivity contribution in [3.8, 4) is 0 Å². The van der Waals surface area contributed by atoms with Gasteiger partial charge in [-0.05, 0) is 37.8 Å². The first kappa shape index (κ1) is 20.0. The van der Waals surface area contributed by atoms with E-state index in [4.69, 9.17) is 4.98 Å². The van der Waals surface area contributed by atoms with Crippen molar-refractivity contribution in [1.29, 1.82) is 0 Å². The number of rotatable bonds is 2. The number of carbonyl (C=O) groups excluding carboxylic acids is 1. The van der Waals surface area contributed by atoms with Crippen molar-refractivity contribution >= 4 is 23.6 Å². The molecule has 164 valence electrons. The quantitative estimate of drug-likeness (QED) is 0.764. The van der Waals surface area contributed by atoms with Gasteiger partial charge in [-0.3, -0.25) is 10.2 Å². The lowest BCUT2D eigenvalue weighted by Crippen LogP contribution is -2.43. The van der Waals surface area contributed by atoms with Gasteiger partial charge < -0.3 is 4.90 Å². The van der Waals surface area contributed by atoms with E-state index in [9.17, 15) is 18.0 Å². The summed E-state index contributed by atoms with van der Waals surface area (Å²) in [5.74, 6) is 0.0699. The summed E-state index contributed by atoms with van der Waals surface area (Å²) in [6, 6.07) is 5.02. The highest BCUT2D eigenvalue weighted by molar-refractivity contribution is 6.02. The molecule has 1 saturated carbocycles. The summed E-state index contributed by atoms with van der Waals surface area (Å²) < 4.78 is 39.8.